The lowest BCUT2D eigenvalue weighted by Gasteiger charge is -2.21. The number of likely N-dealkylation sites (tertiary alicyclic amines) is 1. The lowest BCUT2D eigenvalue weighted by Crippen LogP contribution is -2.33. The van der Waals surface area contributed by atoms with E-state index in [4.69, 9.17) is 5.41 Å². The summed E-state index contributed by atoms with van der Waals surface area (Å²) in [5.41, 5.74) is 1.94. The number of hydrogen-bond acceptors (Lipinski definition) is 2. The summed E-state index contributed by atoms with van der Waals surface area (Å²) < 4.78 is 0. The average molecular weight is 257 g/mol. The van der Waals surface area contributed by atoms with E-state index >= 15 is 0 Å². The van der Waals surface area contributed by atoms with Crippen LogP contribution in [0.4, 0.5) is 0 Å². The topological polar surface area (TPSA) is 60.0 Å². The van der Waals surface area contributed by atoms with Gasteiger partial charge < -0.3 is 15.3 Å². The lowest BCUT2D eigenvalue weighted by molar-refractivity contribution is 0.0753. The number of fused-ring (bicyclic) bond motifs is 1. The molecule has 0 aromatic carbocycles. The zero-order valence-electron chi connectivity index (χ0n) is 11.3. The summed E-state index contributed by atoms with van der Waals surface area (Å²) in [4.78, 5) is 17.4. The number of piperidine rings is 1. The van der Waals surface area contributed by atoms with Crippen LogP contribution < -0.4 is 0 Å². The van der Waals surface area contributed by atoms with E-state index in [9.17, 15) is 4.79 Å². The number of H-pyrrole nitrogens is 1. The van der Waals surface area contributed by atoms with Gasteiger partial charge in [0, 0.05) is 25.0 Å². The molecule has 1 saturated carbocycles. The van der Waals surface area contributed by atoms with Gasteiger partial charge in [-0.3, -0.25) is 4.79 Å². The third-order valence-corrected chi connectivity index (χ3v) is 4.72. The molecular formula is C15H19N3O. The normalized spacial score (nSPS) is 27.6. The Morgan fingerprint density at radius 3 is 2.74 bits per heavy atom. The molecular weight excluding hydrogens is 238 g/mol. The molecule has 1 amide bonds. The fraction of sp³-hybridized carbons (Fsp3) is 0.467. The number of aromatic amines is 1. The molecule has 100 valence electrons. The highest BCUT2D eigenvalue weighted by molar-refractivity contribution is 5.93. The monoisotopic (exact) mass is 257 g/mol. The Labute approximate surface area is 113 Å². The molecule has 1 aliphatic carbocycles. The van der Waals surface area contributed by atoms with Crippen LogP contribution in [0, 0.1) is 22.7 Å². The van der Waals surface area contributed by atoms with Gasteiger partial charge in [0.25, 0.3) is 5.91 Å². The molecule has 1 aliphatic heterocycles. The highest BCUT2D eigenvalue weighted by Crippen LogP contribution is 2.62. The number of amides is 1. The number of nitrogens with one attached hydrogen (secondary N) is 2. The second-order valence-electron chi connectivity index (χ2n) is 6.10. The van der Waals surface area contributed by atoms with E-state index in [-0.39, 0.29) is 5.91 Å². The molecule has 2 heterocycles. The Balaban J connectivity index is 1.67. The Morgan fingerprint density at radius 1 is 1.42 bits per heavy atom. The third kappa shape index (κ3) is 1.91. The van der Waals surface area contributed by atoms with Crippen molar-refractivity contribution in [1.29, 1.82) is 5.41 Å². The van der Waals surface area contributed by atoms with Crippen LogP contribution in [0.1, 0.15) is 30.0 Å². The molecule has 3 rings (SSSR count). The molecule has 2 unspecified atom stereocenters. The molecule has 4 heteroatoms. The molecule has 1 aromatic rings. The number of carbonyl (C=O) groups excluding carboxylic acids is 1. The maximum absolute atomic E-state index is 12.3. The van der Waals surface area contributed by atoms with Gasteiger partial charge in [0.2, 0.25) is 0 Å². The minimum Gasteiger partial charge on any atom is -0.351 e. The Bertz CT molecular complexity index is 541. The third-order valence-electron chi connectivity index (χ3n) is 4.72. The van der Waals surface area contributed by atoms with E-state index in [2.05, 4.69) is 18.8 Å². The standard InChI is InChI=1S/C15H19N3O/c1-15(2)11-8-18(9-12(11)15)14(19)13-6-5-10(17-13)4-3-7-16/h3-7,11-12,16-17H,8-9H2,1-2H3/b4-3-,16-7?. The number of nitrogens with zero attached hydrogens (tertiary/aromatic N) is 1. The van der Waals surface area contributed by atoms with E-state index in [0.717, 1.165) is 18.8 Å². The van der Waals surface area contributed by atoms with Gasteiger partial charge in [-0.25, -0.2) is 0 Å². The fourth-order valence-electron chi connectivity index (χ4n) is 3.25. The van der Waals surface area contributed by atoms with Crippen LogP contribution in [0.2, 0.25) is 0 Å². The van der Waals surface area contributed by atoms with Gasteiger partial charge in [0.05, 0.1) is 0 Å². The van der Waals surface area contributed by atoms with Crippen LogP contribution >= 0.6 is 0 Å². The molecule has 1 aromatic heterocycles. The van der Waals surface area contributed by atoms with Gasteiger partial charge in [-0.05, 0) is 41.5 Å². The first-order valence-corrected chi connectivity index (χ1v) is 6.69. The predicted molar refractivity (Wildman–Crippen MR) is 75.3 cm³/mol. The van der Waals surface area contributed by atoms with Gasteiger partial charge in [-0.2, -0.15) is 0 Å². The average Bonchev–Trinajstić information content (AvgIpc) is 2.90. The van der Waals surface area contributed by atoms with Crippen molar-refractivity contribution in [1.82, 2.24) is 9.88 Å². The van der Waals surface area contributed by atoms with Crippen LogP contribution in [-0.2, 0) is 0 Å². The van der Waals surface area contributed by atoms with Crippen molar-refractivity contribution in [3.8, 4) is 0 Å². The quantitative estimate of drug-likeness (QED) is 0.803. The SMILES string of the molecule is CC1(C)C2CN(C(=O)c3ccc(/C=C\C=N)[nH]3)CC21. The molecule has 2 atom stereocenters. The van der Waals surface area contributed by atoms with Crippen LogP contribution in [0.25, 0.3) is 6.08 Å². The smallest absolute Gasteiger partial charge is 0.270 e. The second-order valence-corrected chi connectivity index (χ2v) is 6.10. The molecule has 1 saturated heterocycles. The number of allylic oxidation sites excluding steroid dienone is 1. The van der Waals surface area contributed by atoms with Crippen molar-refractivity contribution in [3.63, 3.8) is 0 Å². The van der Waals surface area contributed by atoms with Gasteiger partial charge in [0.1, 0.15) is 5.69 Å². The van der Waals surface area contributed by atoms with E-state index in [0.29, 0.717) is 22.9 Å². The molecule has 4 nitrogen and oxygen atoms in total. The minimum atomic E-state index is 0.0949. The van der Waals surface area contributed by atoms with Gasteiger partial charge in [-0.1, -0.05) is 13.8 Å². The molecule has 19 heavy (non-hydrogen) atoms. The van der Waals surface area contributed by atoms with Gasteiger partial charge in [-0.15, -0.1) is 0 Å². The Morgan fingerprint density at radius 2 is 2.11 bits per heavy atom. The summed E-state index contributed by atoms with van der Waals surface area (Å²) in [5.74, 6) is 1.46. The lowest BCUT2D eigenvalue weighted by atomic mass is 10.1. The number of carbonyl (C=O) groups is 1. The van der Waals surface area contributed by atoms with Crippen LogP contribution in [-0.4, -0.2) is 35.1 Å². The first kappa shape index (κ1) is 12.2. The maximum atomic E-state index is 12.3. The van der Waals surface area contributed by atoms with E-state index in [1.54, 1.807) is 12.2 Å². The van der Waals surface area contributed by atoms with Gasteiger partial charge in [0.15, 0.2) is 0 Å². The zero-order chi connectivity index (χ0) is 13.6. The summed E-state index contributed by atoms with van der Waals surface area (Å²) in [6.07, 6.45) is 4.64. The van der Waals surface area contributed by atoms with Crippen LogP contribution in [0.15, 0.2) is 18.2 Å². The highest BCUT2D eigenvalue weighted by atomic mass is 16.2. The zero-order valence-corrected chi connectivity index (χ0v) is 11.3. The predicted octanol–water partition coefficient (Wildman–Crippen LogP) is 2.41. The van der Waals surface area contributed by atoms with E-state index < -0.39 is 0 Å². The summed E-state index contributed by atoms with van der Waals surface area (Å²) in [7, 11) is 0. The molecule has 0 bridgehead atoms. The maximum Gasteiger partial charge on any atom is 0.270 e. The summed E-state index contributed by atoms with van der Waals surface area (Å²) in [6, 6.07) is 3.69. The largest absolute Gasteiger partial charge is 0.351 e. The Kier molecular flexibility index (Phi) is 2.62. The highest BCUT2D eigenvalue weighted by Gasteiger charge is 2.62. The number of rotatable bonds is 3. The summed E-state index contributed by atoms with van der Waals surface area (Å²) in [6.45, 7) is 6.36. The molecule has 0 radical (unpaired) electrons. The van der Waals surface area contributed by atoms with E-state index in [1.165, 1.54) is 6.21 Å². The van der Waals surface area contributed by atoms with Crippen molar-refractivity contribution >= 4 is 18.2 Å². The second kappa shape index (κ2) is 4.08. The van der Waals surface area contributed by atoms with Crippen molar-refractivity contribution in [2.45, 2.75) is 13.8 Å². The van der Waals surface area contributed by atoms with Crippen LogP contribution in [0.3, 0.4) is 0 Å². The van der Waals surface area contributed by atoms with E-state index in [1.807, 2.05) is 17.0 Å². The summed E-state index contributed by atoms with van der Waals surface area (Å²) in [5, 5.41) is 6.94. The molecule has 2 N–H and O–H groups in total. The minimum absolute atomic E-state index is 0.0949. The van der Waals surface area contributed by atoms with Crippen LogP contribution in [0.5, 0.6) is 0 Å². The summed E-state index contributed by atoms with van der Waals surface area (Å²) >= 11 is 0. The molecule has 2 aliphatic rings. The molecule has 2 fully saturated rings. The Hall–Kier alpha value is -1.84. The first-order chi connectivity index (χ1) is 9.04. The fourth-order valence-corrected chi connectivity index (χ4v) is 3.25. The van der Waals surface area contributed by atoms with Gasteiger partial charge >= 0.3 is 0 Å². The molecule has 0 spiro atoms. The van der Waals surface area contributed by atoms with Crippen molar-refractivity contribution in [2.75, 3.05) is 13.1 Å². The number of aromatic nitrogens is 1. The van der Waals surface area contributed by atoms with Crippen molar-refractivity contribution < 1.29 is 4.79 Å². The number of hydrogen-bond donors (Lipinski definition) is 2. The first-order valence-electron chi connectivity index (χ1n) is 6.69. The van der Waals surface area contributed by atoms with Crippen molar-refractivity contribution in [3.05, 3.63) is 29.6 Å². The van der Waals surface area contributed by atoms with Crippen molar-refractivity contribution in [2.24, 2.45) is 17.3 Å².